The van der Waals surface area contributed by atoms with E-state index in [1.54, 1.807) is 43.2 Å². The van der Waals surface area contributed by atoms with Crippen LogP contribution >= 0.6 is 11.6 Å². The van der Waals surface area contributed by atoms with E-state index in [2.05, 4.69) is 0 Å². The minimum atomic E-state index is -0.452. The predicted molar refractivity (Wildman–Crippen MR) is 130 cm³/mol. The van der Waals surface area contributed by atoms with Crippen LogP contribution < -0.4 is 9.64 Å². The lowest BCUT2D eigenvalue weighted by atomic mass is 10.0. The van der Waals surface area contributed by atoms with Crippen LogP contribution in [-0.4, -0.2) is 26.1 Å². The van der Waals surface area contributed by atoms with Gasteiger partial charge in [0.2, 0.25) is 0 Å². The summed E-state index contributed by atoms with van der Waals surface area (Å²) < 4.78 is 10.1. The molecule has 0 unspecified atom stereocenters. The number of hydrogen-bond acceptors (Lipinski definition) is 4. The van der Waals surface area contributed by atoms with E-state index in [0.717, 1.165) is 16.9 Å². The highest BCUT2D eigenvalue weighted by molar-refractivity contribution is 6.30. The number of amides is 1. The van der Waals surface area contributed by atoms with Gasteiger partial charge in [0.05, 0.1) is 31.2 Å². The lowest BCUT2D eigenvalue weighted by Crippen LogP contribution is -2.26. The maximum Gasteiger partial charge on any atom is 0.338 e. The summed E-state index contributed by atoms with van der Waals surface area (Å²) in [6.07, 6.45) is 3.68. The van der Waals surface area contributed by atoms with Gasteiger partial charge >= 0.3 is 5.97 Å². The van der Waals surface area contributed by atoms with Crippen molar-refractivity contribution in [2.24, 2.45) is 0 Å². The molecule has 33 heavy (non-hydrogen) atoms. The number of esters is 1. The van der Waals surface area contributed by atoms with Crippen molar-refractivity contribution >= 4 is 40.9 Å². The second-order valence-corrected chi connectivity index (χ2v) is 7.93. The fraction of sp³-hybridized carbons (Fsp3) is 0.111. The van der Waals surface area contributed by atoms with Crippen molar-refractivity contribution < 1.29 is 19.1 Å². The van der Waals surface area contributed by atoms with Crippen molar-refractivity contribution in [3.05, 3.63) is 106 Å². The number of carbonyl (C=O) groups is 2. The third-order valence-corrected chi connectivity index (χ3v) is 5.76. The summed E-state index contributed by atoms with van der Waals surface area (Å²) in [5.41, 5.74) is 4.59. The van der Waals surface area contributed by atoms with E-state index in [0.29, 0.717) is 33.1 Å². The molecule has 6 heteroatoms. The summed E-state index contributed by atoms with van der Waals surface area (Å²) in [6.45, 7) is 1.81. The zero-order chi connectivity index (χ0) is 23.5. The number of halogens is 1. The van der Waals surface area contributed by atoms with Gasteiger partial charge in [0.25, 0.3) is 5.91 Å². The van der Waals surface area contributed by atoms with Gasteiger partial charge in [-0.1, -0.05) is 41.9 Å². The van der Waals surface area contributed by atoms with Crippen LogP contribution in [0.2, 0.25) is 5.02 Å². The molecular weight excluding hydrogens is 438 g/mol. The van der Waals surface area contributed by atoms with E-state index >= 15 is 0 Å². The first-order valence-electron chi connectivity index (χ1n) is 10.3. The van der Waals surface area contributed by atoms with E-state index < -0.39 is 5.97 Å². The van der Waals surface area contributed by atoms with Crippen molar-refractivity contribution in [3.8, 4) is 5.75 Å². The molecule has 4 rings (SSSR count). The summed E-state index contributed by atoms with van der Waals surface area (Å²) in [5, 5.41) is 0.605. The largest absolute Gasteiger partial charge is 0.497 e. The smallest absolute Gasteiger partial charge is 0.338 e. The summed E-state index contributed by atoms with van der Waals surface area (Å²) in [7, 11) is 2.95. The summed E-state index contributed by atoms with van der Waals surface area (Å²) in [5.74, 6) is 0.0945. The van der Waals surface area contributed by atoms with E-state index in [-0.39, 0.29) is 5.91 Å². The Labute approximate surface area is 197 Å². The first-order valence-corrected chi connectivity index (χ1v) is 10.7. The molecule has 1 heterocycles. The second kappa shape index (κ2) is 9.35. The summed E-state index contributed by atoms with van der Waals surface area (Å²) in [4.78, 5) is 27.5. The maximum absolute atomic E-state index is 13.6. The molecule has 5 nitrogen and oxygen atoms in total. The zero-order valence-electron chi connectivity index (χ0n) is 18.5. The average Bonchev–Trinajstić information content (AvgIpc) is 3.15. The van der Waals surface area contributed by atoms with Crippen molar-refractivity contribution in [2.75, 3.05) is 19.1 Å². The molecule has 0 aliphatic carbocycles. The molecule has 166 valence electrons. The molecule has 0 N–H and O–H groups in total. The minimum absolute atomic E-state index is 0.194. The van der Waals surface area contributed by atoms with Gasteiger partial charge in [-0.3, -0.25) is 9.69 Å². The molecular formula is C27H22ClNO4. The fourth-order valence-corrected chi connectivity index (χ4v) is 3.89. The Morgan fingerprint density at radius 1 is 0.970 bits per heavy atom. The normalized spacial score (nSPS) is 14.4. The predicted octanol–water partition coefficient (Wildman–Crippen LogP) is 5.91. The molecule has 0 fully saturated rings. The molecule has 1 amide bonds. The molecule has 1 aliphatic rings. The Morgan fingerprint density at radius 3 is 2.30 bits per heavy atom. The molecule has 0 radical (unpaired) electrons. The van der Waals surface area contributed by atoms with Gasteiger partial charge in [-0.05, 0) is 72.2 Å². The van der Waals surface area contributed by atoms with Gasteiger partial charge in [-0.2, -0.15) is 0 Å². The number of hydrogen-bond donors (Lipinski definition) is 0. The van der Waals surface area contributed by atoms with Gasteiger partial charge < -0.3 is 9.47 Å². The molecule has 0 saturated carbocycles. The van der Waals surface area contributed by atoms with Crippen LogP contribution in [-0.2, 0) is 9.53 Å². The number of carbonyl (C=O) groups excluding carboxylic acids is 2. The zero-order valence-corrected chi connectivity index (χ0v) is 19.2. The molecule has 0 saturated heterocycles. The Kier molecular flexibility index (Phi) is 6.33. The average molecular weight is 460 g/mol. The van der Waals surface area contributed by atoms with Crippen LogP contribution in [0.4, 0.5) is 5.69 Å². The number of methoxy groups -OCH3 is 2. The third kappa shape index (κ3) is 4.41. The van der Waals surface area contributed by atoms with Crippen molar-refractivity contribution in [1.29, 1.82) is 0 Å². The van der Waals surface area contributed by atoms with Crippen LogP contribution in [0.15, 0.2) is 78.4 Å². The number of benzene rings is 3. The van der Waals surface area contributed by atoms with Crippen LogP contribution in [0.5, 0.6) is 5.75 Å². The number of ether oxygens (including phenoxy) is 2. The van der Waals surface area contributed by atoms with E-state index in [4.69, 9.17) is 21.1 Å². The Hall–Kier alpha value is -3.83. The van der Waals surface area contributed by atoms with E-state index in [1.165, 1.54) is 7.11 Å². The fourth-order valence-electron chi connectivity index (χ4n) is 3.76. The molecule has 0 aromatic heterocycles. The van der Waals surface area contributed by atoms with E-state index in [9.17, 15) is 9.59 Å². The first-order chi connectivity index (χ1) is 15.9. The Morgan fingerprint density at radius 2 is 1.67 bits per heavy atom. The van der Waals surface area contributed by atoms with Crippen LogP contribution in [0, 0.1) is 6.92 Å². The molecule has 3 aromatic carbocycles. The van der Waals surface area contributed by atoms with Gasteiger partial charge in [-0.25, -0.2) is 4.79 Å². The van der Waals surface area contributed by atoms with E-state index in [1.807, 2.05) is 54.6 Å². The second-order valence-electron chi connectivity index (χ2n) is 7.49. The van der Waals surface area contributed by atoms with Crippen LogP contribution in [0.1, 0.15) is 27.0 Å². The standard InChI is InChI=1S/C27H22ClNO4/c1-17-23(27(31)33-3)5-4-6-24(17)29-25(19-9-11-21(28)12-10-19)16-20(26(29)30)15-18-7-13-22(32-2)14-8-18/h4-16H,1-3H3/b20-15-. The molecule has 3 aromatic rings. The Bertz CT molecular complexity index is 1270. The summed E-state index contributed by atoms with van der Waals surface area (Å²) in [6, 6.07) is 20.0. The topological polar surface area (TPSA) is 55.8 Å². The molecule has 0 atom stereocenters. The first kappa shape index (κ1) is 22.4. The number of rotatable bonds is 5. The maximum atomic E-state index is 13.6. The highest BCUT2D eigenvalue weighted by Crippen LogP contribution is 2.38. The van der Waals surface area contributed by atoms with Gasteiger partial charge in [0, 0.05) is 10.6 Å². The van der Waals surface area contributed by atoms with Gasteiger partial charge in [0.1, 0.15) is 5.75 Å². The SMILES string of the molecule is COC(=O)c1cccc(N2C(=O)/C(=C\c3ccc(OC)cc3)C=C2c2ccc(Cl)cc2)c1C. The highest BCUT2D eigenvalue weighted by Gasteiger charge is 2.32. The Balaban J connectivity index is 1.84. The minimum Gasteiger partial charge on any atom is -0.497 e. The lowest BCUT2D eigenvalue weighted by molar-refractivity contribution is -0.113. The van der Waals surface area contributed by atoms with Crippen molar-refractivity contribution in [3.63, 3.8) is 0 Å². The molecule has 1 aliphatic heterocycles. The molecule has 0 spiro atoms. The lowest BCUT2D eigenvalue weighted by Gasteiger charge is -2.23. The quantitative estimate of drug-likeness (QED) is 0.351. The summed E-state index contributed by atoms with van der Waals surface area (Å²) >= 11 is 6.08. The number of nitrogens with zero attached hydrogens (tertiary/aromatic N) is 1. The van der Waals surface area contributed by atoms with Crippen molar-refractivity contribution in [2.45, 2.75) is 6.92 Å². The van der Waals surface area contributed by atoms with Crippen molar-refractivity contribution in [1.82, 2.24) is 0 Å². The van der Waals surface area contributed by atoms with Crippen LogP contribution in [0.3, 0.4) is 0 Å². The third-order valence-electron chi connectivity index (χ3n) is 5.51. The van der Waals surface area contributed by atoms with Gasteiger partial charge in [-0.15, -0.1) is 0 Å². The van der Waals surface area contributed by atoms with Crippen LogP contribution in [0.25, 0.3) is 11.8 Å². The highest BCUT2D eigenvalue weighted by atomic mass is 35.5. The monoisotopic (exact) mass is 459 g/mol. The van der Waals surface area contributed by atoms with Gasteiger partial charge in [0.15, 0.2) is 0 Å². The number of anilines is 1. The molecule has 0 bridgehead atoms.